The van der Waals surface area contributed by atoms with Crippen molar-refractivity contribution in [2.75, 3.05) is 30.9 Å². The molecule has 9 heteroatoms. The average Bonchev–Trinajstić information content (AvgIpc) is 2.71. The maximum atomic E-state index is 12.5. The molecule has 0 aromatic heterocycles. The highest BCUT2D eigenvalue weighted by Gasteiger charge is 2.14. The molecule has 0 aliphatic rings. The molecule has 0 atom stereocenters. The van der Waals surface area contributed by atoms with E-state index in [1.54, 1.807) is 45.2 Å². The second kappa shape index (κ2) is 10.9. The molecule has 0 spiro atoms. The largest absolute Gasteiger partial charge is 0.385 e. The molecular formula is C21H27N3O5S. The van der Waals surface area contributed by atoms with E-state index in [0.717, 1.165) is 0 Å². The van der Waals surface area contributed by atoms with Crippen LogP contribution in [-0.2, 0) is 19.6 Å². The lowest BCUT2D eigenvalue weighted by Gasteiger charge is -2.10. The Hall–Kier alpha value is -2.75. The van der Waals surface area contributed by atoms with Crippen molar-refractivity contribution >= 4 is 33.2 Å². The first-order valence-electron chi connectivity index (χ1n) is 9.54. The van der Waals surface area contributed by atoms with Crippen molar-refractivity contribution in [2.45, 2.75) is 25.2 Å². The second-order valence-corrected chi connectivity index (χ2v) is 8.71. The van der Waals surface area contributed by atoms with Crippen LogP contribution in [0.25, 0.3) is 0 Å². The molecular weight excluding hydrogens is 406 g/mol. The second-order valence-electron chi connectivity index (χ2n) is 6.95. The summed E-state index contributed by atoms with van der Waals surface area (Å²) in [6, 6.07) is 12.5. The molecule has 0 aliphatic heterocycles. The summed E-state index contributed by atoms with van der Waals surface area (Å²) in [6.07, 6.45) is 0.570. The summed E-state index contributed by atoms with van der Waals surface area (Å²) in [4.78, 5) is 24.4. The third kappa shape index (κ3) is 6.94. The Morgan fingerprint density at radius 3 is 2.33 bits per heavy atom. The van der Waals surface area contributed by atoms with Crippen molar-refractivity contribution in [3.8, 4) is 0 Å². The fourth-order valence-corrected chi connectivity index (χ4v) is 3.53. The van der Waals surface area contributed by atoms with Gasteiger partial charge in [0, 0.05) is 43.1 Å². The number of carbonyl (C=O) groups is 2. The Morgan fingerprint density at radius 2 is 1.70 bits per heavy atom. The fourth-order valence-electron chi connectivity index (χ4n) is 2.45. The number of benzene rings is 2. The Morgan fingerprint density at radius 1 is 1.00 bits per heavy atom. The molecule has 0 fully saturated rings. The van der Waals surface area contributed by atoms with Gasteiger partial charge in [0.1, 0.15) is 0 Å². The lowest BCUT2D eigenvalue weighted by molar-refractivity contribution is -0.118. The Labute approximate surface area is 177 Å². The molecule has 0 radical (unpaired) electrons. The van der Waals surface area contributed by atoms with Crippen molar-refractivity contribution in [1.29, 1.82) is 0 Å². The van der Waals surface area contributed by atoms with Crippen LogP contribution >= 0.6 is 0 Å². The standard InChI is InChI=1S/C21H27N3O5S/c1-15(2)20(25)24-18-7-4-6-16(14-18)21(26)23-17-8-10-19(11-9-17)30(27,28)22-12-5-13-29-3/h4,6-11,14-15,22H,5,12-13H2,1-3H3,(H,23,26)(H,24,25). The predicted octanol–water partition coefficient (Wildman–Crippen LogP) is 2.85. The van der Waals surface area contributed by atoms with E-state index in [-0.39, 0.29) is 29.2 Å². The van der Waals surface area contributed by atoms with E-state index in [0.29, 0.717) is 30.0 Å². The van der Waals surface area contributed by atoms with Crippen LogP contribution in [0.1, 0.15) is 30.6 Å². The molecule has 2 aromatic rings. The Kier molecular flexibility index (Phi) is 8.52. The van der Waals surface area contributed by atoms with Crippen LogP contribution in [0.3, 0.4) is 0 Å². The summed E-state index contributed by atoms with van der Waals surface area (Å²) < 4.78 is 31.9. The zero-order valence-electron chi connectivity index (χ0n) is 17.3. The third-order valence-electron chi connectivity index (χ3n) is 4.16. The van der Waals surface area contributed by atoms with Crippen molar-refractivity contribution in [1.82, 2.24) is 4.72 Å². The van der Waals surface area contributed by atoms with E-state index in [9.17, 15) is 18.0 Å². The maximum Gasteiger partial charge on any atom is 0.255 e. The van der Waals surface area contributed by atoms with Gasteiger partial charge in [0.05, 0.1) is 4.90 Å². The van der Waals surface area contributed by atoms with Crippen LogP contribution in [0.2, 0.25) is 0 Å². The highest BCUT2D eigenvalue weighted by atomic mass is 32.2. The van der Waals surface area contributed by atoms with Gasteiger partial charge >= 0.3 is 0 Å². The molecule has 2 rings (SSSR count). The van der Waals surface area contributed by atoms with Crippen LogP contribution < -0.4 is 15.4 Å². The number of hydrogen-bond acceptors (Lipinski definition) is 5. The maximum absolute atomic E-state index is 12.5. The Balaban J connectivity index is 2.02. The van der Waals surface area contributed by atoms with Crippen molar-refractivity contribution < 1.29 is 22.7 Å². The molecule has 0 aliphatic carbocycles. The zero-order chi connectivity index (χ0) is 22.1. The van der Waals surface area contributed by atoms with Gasteiger partial charge in [-0.2, -0.15) is 0 Å². The molecule has 0 saturated carbocycles. The lowest BCUT2D eigenvalue weighted by atomic mass is 10.1. The lowest BCUT2D eigenvalue weighted by Crippen LogP contribution is -2.25. The third-order valence-corrected chi connectivity index (χ3v) is 5.63. The number of carbonyl (C=O) groups excluding carboxylic acids is 2. The van der Waals surface area contributed by atoms with Crippen LogP contribution in [0.4, 0.5) is 11.4 Å². The zero-order valence-corrected chi connectivity index (χ0v) is 18.1. The predicted molar refractivity (Wildman–Crippen MR) is 116 cm³/mol. The number of amides is 2. The van der Waals surface area contributed by atoms with Gasteiger partial charge in [-0.05, 0) is 48.9 Å². The van der Waals surface area contributed by atoms with Gasteiger partial charge in [-0.25, -0.2) is 13.1 Å². The molecule has 30 heavy (non-hydrogen) atoms. The fraction of sp³-hybridized carbons (Fsp3) is 0.333. The first-order chi connectivity index (χ1) is 14.2. The van der Waals surface area contributed by atoms with E-state index < -0.39 is 10.0 Å². The van der Waals surface area contributed by atoms with Crippen molar-refractivity contribution in [3.63, 3.8) is 0 Å². The van der Waals surface area contributed by atoms with Gasteiger partial charge in [-0.1, -0.05) is 19.9 Å². The van der Waals surface area contributed by atoms with Gasteiger partial charge in [0.2, 0.25) is 15.9 Å². The summed E-state index contributed by atoms with van der Waals surface area (Å²) in [7, 11) is -2.07. The topological polar surface area (TPSA) is 114 Å². The van der Waals surface area contributed by atoms with Gasteiger partial charge in [-0.15, -0.1) is 0 Å². The van der Waals surface area contributed by atoms with Crippen LogP contribution in [0.5, 0.6) is 0 Å². The first-order valence-corrected chi connectivity index (χ1v) is 11.0. The number of methoxy groups -OCH3 is 1. The molecule has 0 bridgehead atoms. The van der Waals surface area contributed by atoms with Crippen LogP contribution in [-0.4, -0.2) is 40.5 Å². The Bertz CT molecular complexity index is 972. The first kappa shape index (κ1) is 23.5. The van der Waals surface area contributed by atoms with Gasteiger partial charge in [-0.3, -0.25) is 9.59 Å². The number of anilines is 2. The van der Waals surface area contributed by atoms with E-state index in [4.69, 9.17) is 4.74 Å². The average molecular weight is 434 g/mol. The summed E-state index contributed by atoms with van der Waals surface area (Å²) in [5.41, 5.74) is 1.35. The van der Waals surface area contributed by atoms with E-state index >= 15 is 0 Å². The van der Waals surface area contributed by atoms with Gasteiger partial charge in [0.15, 0.2) is 0 Å². The molecule has 3 N–H and O–H groups in total. The highest BCUT2D eigenvalue weighted by molar-refractivity contribution is 7.89. The smallest absolute Gasteiger partial charge is 0.255 e. The SMILES string of the molecule is COCCCNS(=O)(=O)c1ccc(NC(=O)c2cccc(NC(=O)C(C)C)c2)cc1. The minimum Gasteiger partial charge on any atom is -0.385 e. The molecule has 2 aromatic carbocycles. The van der Waals surface area contributed by atoms with Gasteiger partial charge in [0.25, 0.3) is 5.91 Å². The van der Waals surface area contributed by atoms with E-state index in [1.165, 1.54) is 24.3 Å². The number of hydrogen-bond donors (Lipinski definition) is 3. The molecule has 0 saturated heterocycles. The van der Waals surface area contributed by atoms with Crippen molar-refractivity contribution in [2.24, 2.45) is 5.92 Å². The molecule has 0 unspecified atom stereocenters. The minimum absolute atomic E-state index is 0.108. The number of rotatable bonds is 10. The van der Waals surface area contributed by atoms with Crippen LogP contribution in [0, 0.1) is 5.92 Å². The number of nitrogens with one attached hydrogen (secondary N) is 3. The van der Waals surface area contributed by atoms with E-state index in [1.807, 2.05) is 0 Å². The molecule has 162 valence electrons. The van der Waals surface area contributed by atoms with Gasteiger partial charge < -0.3 is 15.4 Å². The van der Waals surface area contributed by atoms with Crippen molar-refractivity contribution in [3.05, 3.63) is 54.1 Å². The summed E-state index contributed by atoms with van der Waals surface area (Å²) in [6.45, 7) is 4.31. The summed E-state index contributed by atoms with van der Waals surface area (Å²) in [5, 5.41) is 5.47. The monoisotopic (exact) mass is 433 g/mol. The van der Waals surface area contributed by atoms with E-state index in [2.05, 4.69) is 15.4 Å². The highest BCUT2D eigenvalue weighted by Crippen LogP contribution is 2.17. The normalized spacial score (nSPS) is 11.3. The molecule has 8 nitrogen and oxygen atoms in total. The summed E-state index contributed by atoms with van der Waals surface area (Å²) >= 11 is 0. The number of sulfonamides is 1. The molecule has 2 amide bonds. The summed E-state index contributed by atoms with van der Waals surface area (Å²) in [5.74, 6) is -0.684. The van der Waals surface area contributed by atoms with Crippen LogP contribution in [0.15, 0.2) is 53.4 Å². The molecule has 0 heterocycles. The number of ether oxygens (including phenoxy) is 1. The quantitative estimate of drug-likeness (QED) is 0.499. The minimum atomic E-state index is -3.62.